The molecule has 2 rings (SSSR count). The maximum atomic E-state index is 12.0. The van der Waals surface area contributed by atoms with Crippen molar-refractivity contribution in [3.05, 3.63) is 48.3 Å². The van der Waals surface area contributed by atoms with Crippen molar-refractivity contribution in [2.24, 2.45) is 5.92 Å². The molecular weight excluding hydrogens is 224 g/mol. The standard InChI is InChI=1S/C15H16N2O/c1-11(2)10-15(18)14-8-5-7-13(17-14)12-6-3-4-9-16-12/h3-9,11H,10H2,1-2H3. The molecule has 0 unspecified atom stereocenters. The van der Waals surface area contributed by atoms with E-state index in [1.54, 1.807) is 12.3 Å². The summed E-state index contributed by atoms with van der Waals surface area (Å²) < 4.78 is 0. The highest BCUT2D eigenvalue weighted by Gasteiger charge is 2.10. The molecule has 0 aliphatic rings. The van der Waals surface area contributed by atoms with Crippen molar-refractivity contribution in [3.63, 3.8) is 0 Å². The molecule has 0 aliphatic heterocycles. The van der Waals surface area contributed by atoms with E-state index < -0.39 is 0 Å². The van der Waals surface area contributed by atoms with Crippen LogP contribution in [0.25, 0.3) is 11.4 Å². The lowest BCUT2D eigenvalue weighted by atomic mass is 10.0. The van der Waals surface area contributed by atoms with E-state index in [1.165, 1.54) is 0 Å². The molecule has 2 aromatic rings. The lowest BCUT2D eigenvalue weighted by Gasteiger charge is -2.05. The third-order valence-corrected chi connectivity index (χ3v) is 2.56. The summed E-state index contributed by atoms with van der Waals surface area (Å²) in [4.78, 5) is 20.6. The molecule has 0 amide bonds. The Balaban J connectivity index is 2.28. The van der Waals surface area contributed by atoms with Gasteiger partial charge in [-0.3, -0.25) is 9.78 Å². The molecule has 0 spiro atoms. The van der Waals surface area contributed by atoms with Crippen LogP contribution in [0.3, 0.4) is 0 Å². The van der Waals surface area contributed by atoms with Gasteiger partial charge in [0.05, 0.1) is 11.4 Å². The quantitative estimate of drug-likeness (QED) is 0.769. The lowest BCUT2D eigenvalue weighted by molar-refractivity contribution is 0.0963. The first kappa shape index (κ1) is 12.4. The van der Waals surface area contributed by atoms with Crippen LogP contribution in [0.15, 0.2) is 42.6 Å². The Kier molecular flexibility index (Phi) is 3.82. The van der Waals surface area contributed by atoms with Gasteiger partial charge in [-0.2, -0.15) is 0 Å². The second-order valence-electron chi connectivity index (χ2n) is 4.64. The number of hydrogen-bond acceptors (Lipinski definition) is 3. The highest BCUT2D eigenvalue weighted by Crippen LogP contribution is 2.15. The van der Waals surface area contributed by atoms with Crippen LogP contribution in [0, 0.1) is 5.92 Å². The Morgan fingerprint density at radius 1 is 1.11 bits per heavy atom. The van der Waals surface area contributed by atoms with Gasteiger partial charge in [-0.15, -0.1) is 0 Å². The van der Waals surface area contributed by atoms with Crippen molar-refractivity contribution in [1.29, 1.82) is 0 Å². The highest BCUT2D eigenvalue weighted by atomic mass is 16.1. The number of nitrogens with zero attached hydrogens (tertiary/aromatic N) is 2. The van der Waals surface area contributed by atoms with Crippen LogP contribution in [0.5, 0.6) is 0 Å². The van der Waals surface area contributed by atoms with Gasteiger partial charge >= 0.3 is 0 Å². The van der Waals surface area contributed by atoms with Crippen molar-refractivity contribution < 1.29 is 4.79 Å². The number of carbonyl (C=O) groups excluding carboxylic acids is 1. The number of aromatic nitrogens is 2. The number of carbonyl (C=O) groups is 1. The second-order valence-corrected chi connectivity index (χ2v) is 4.64. The predicted octanol–water partition coefficient (Wildman–Crippen LogP) is 3.37. The van der Waals surface area contributed by atoms with Crippen LogP contribution in [-0.2, 0) is 0 Å². The van der Waals surface area contributed by atoms with Crippen LogP contribution in [0.1, 0.15) is 30.8 Å². The summed E-state index contributed by atoms with van der Waals surface area (Å²) in [7, 11) is 0. The number of Topliss-reactive ketones (excluding diaryl/α,β-unsaturated/α-hetero) is 1. The van der Waals surface area contributed by atoms with Crippen LogP contribution in [0.2, 0.25) is 0 Å². The van der Waals surface area contributed by atoms with Gasteiger partial charge < -0.3 is 0 Å². The van der Waals surface area contributed by atoms with Crippen LogP contribution < -0.4 is 0 Å². The van der Waals surface area contributed by atoms with E-state index in [2.05, 4.69) is 9.97 Å². The third kappa shape index (κ3) is 3.00. The lowest BCUT2D eigenvalue weighted by Crippen LogP contribution is -2.06. The van der Waals surface area contributed by atoms with Crippen molar-refractivity contribution in [2.75, 3.05) is 0 Å². The summed E-state index contributed by atoms with van der Waals surface area (Å²) in [5.74, 6) is 0.431. The van der Waals surface area contributed by atoms with E-state index in [-0.39, 0.29) is 5.78 Å². The third-order valence-electron chi connectivity index (χ3n) is 2.56. The number of pyridine rings is 2. The van der Waals surface area contributed by atoms with E-state index in [1.807, 2.05) is 44.2 Å². The molecule has 0 bridgehead atoms. The monoisotopic (exact) mass is 240 g/mol. The minimum Gasteiger partial charge on any atom is -0.292 e. The van der Waals surface area contributed by atoms with E-state index in [0.29, 0.717) is 18.0 Å². The summed E-state index contributed by atoms with van der Waals surface area (Å²) in [5, 5.41) is 0. The number of ketones is 1. The molecule has 92 valence electrons. The molecule has 0 aromatic carbocycles. The fourth-order valence-corrected chi connectivity index (χ4v) is 1.72. The molecule has 2 heterocycles. The first-order valence-electron chi connectivity index (χ1n) is 6.08. The predicted molar refractivity (Wildman–Crippen MR) is 71.3 cm³/mol. The minimum atomic E-state index is 0.0859. The summed E-state index contributed by atoms with van der Waals surface area (Å²) >= 11 is 0. The van der Waals surface area contributed by atoms with Gasteiger partial charge in [-0.05, 0) is 30.2 Å². The Morgan fingerprint density at radius 3 is 2.56 bits per heavy atom. The zero-order chi connectivity index (χ0) is 13.0. The SMILES string of the molecule is CC(C)CC(=O)c1cccc(-c2ccccn2)n1. The average Bonchev–Trinajstić information content (AvgIpc) is 2.39. The zero-order valence-electron chi connectivity index (χ0n) is 10.6. The van der Waals surface area contributed by atoms with Crippen molar-refractivity contribution in [3.8, 4) is 11.4 Å². The van der Waals surface area contributed by atoms with Gasteiger partial charge in [0.15, 0.2) is 5.78 Å². The van der Waals surface area contributed by atoms with Gasteiger partial charge in [0.1, 0.15) is 5.69 Å². The fourth-order valence-electron chi connectivity index (χ4n) is 1.72. The minimum absolute atomic E-state index is 0.0859. The first-order valence-corrected chi connectivity index (χ1v) is 6.08. The Labute approximate surface area is 107 Å². The summed E-state index contributed by atoms with van der Waals surface area (Å²) in [6.45, 7) is 4.06. The maximum Gasteiger partial charge on any atom is 0.181 e. The van der Waals surface area contributed by atoms with Crippen molar-refractivity contribution in [2.45, 2.75) is 20.3 Å². The largest absolute Gasteiger partial charge is 0.292 e. The van der Waals surface area contributed by atoms with Gasteiger partial charge in [0.2, 0.25) is 0 Å². The molecular formula is C15H16N2O. The molecule has 3 heteroatoms. The second kappa shape index (κ2) is 5.54. The van der Waals surface area contributed by atoms with Crippen molar-refractivity contribution in [1.82, 2.24) is 9.97 Å². The fraction of sp³-hybridized carbons (Fsp3) is 0.267. The smallest absolute Gasteiger partial charge is 0.181 e. The Hall–Kier alpha value is -2.03. The average molecular weight is 240 g/mol. The van der Waals surface area contributed by atoms with Gasteiger partial charge in [0.25, 0.3) is 0 Å². The Morgan fingerprint density at radius 2 is 1.89 bits per heavy atom. The molecule has 18 heavy (non-hydrogen) atoms. The summed E-state index contributed by atoms with van der Waals surface area (Å²) in [6, 6.07) is 11.1. The van der Waals surface area contributed by atoms with Crippen LogP contribution in [0.4, 0.5) is 0 Å². The van der Waals surface area contributed by atoms with Crippen LogP contribution in [-0.4, -0.2) is 15.8 Å². The molecule has 0 saturated heterocycles. The molecule has 0 atom stereocenters. The number of hydrogen-bond donors (Lipinski definition) is 0. The zero-order valence-corrected chi connectivity index (χ0v) is 10.6. The molecule has 3 nitrogen and oxygen atoms in total. The molecule has 0 aliphatic carbocycles. The molecule has 0 N–H and O–H groups in total. The summed E-state index contributed by atoms with van der Waals surface area (Å²) in [5.41, 5.74) is 2.05. The van der Waals surface area contributed by atoms with E-state index in [0.717, 1.165) is 11.4 Å². The maximum absolute atomic E-state index is 12.0. The van der Waals surface area contributed by atoms with Gasteiger partial charge in [0, 0.05) is 12.6 Å². The molecule has 0 saturated carbocycles. The van der Waals surface area contributed by atoms with Crippen molar-refractivity contribution >= 4 is 5.78 Å². The Bertz CT molecular complexity index is 535. The topological polar surface area (TPSA) is 42.9 Å². The molecule has 2 aromatic heterocycles. The van der Waals surface area contributed by atoms with E-state index in [9.17, 15) is 4.79 Å². The molecule has 0 fully saturated rings. The molecule has 0 radical (unpaired) electrons. The normalized spacial score (nSPS) is 10.6. The first-order chi connectivity index (χ1) is 8.66. The van der Waals surface area contributed by atoms with Gasteiger partial charge in [-0.1, -0.05) is 26.0 Å². The van der Waals surface area contributed by atoms with Gasteiger partial charge in [-0.25, -0.2) is 4.98 Å². The highest BCUT2D eigenvalue weighted by molar-refractivity contribution is 5.94. The number of rotatable bonds is 4. The van der Waals surface area contributed by atoms with E-state index >= 15 is 0 Å². The van der Waals surface area contributed by atoms with Crippen LogP contribution >= 0.6 is 0 Å². The summed E-state index contributed by atoms with van der Waals surface area (Å²) in [6.07, 6.45) is 2.25. The van der Waals surface area contributed by atoms with E-state index in [4.69, 9.17) is 0 Å².